The number of aliphatic hydroxyl groups is 1. The minimum absolute atomic E-state index is 0.215. The Labute approximate surface area is 143 Å². The molecule has 0 aliphatic heterocycles. The van der Waals surface area contributed by atoms with Crippen LogP contribution < -0.4 is 5.32 Å². The molecule has 0 amide bonds. The van der Waals surface area contributed by atoms with Crippen molar-refractivity contribution in [2.75, 3.05) is 5.32 Å². The Hall–Kier alpha value is -3.00. The highest BCUT2D eigenvalue weighted by Crippen LogP contribution is 2.33. The second kappa shape index (κ2) is 5.00. The zero-order valence-corrected chi connectivity index (χ0v) is 13.6. The summed E-state index contributed by atoms with van der Waals surface area (Å²) >= 11 is 0. The van der Waals surface area contributed by atoms with Crippen LogP contribution in [0, 0.1) is 0 Å². The van der Waals surface area contributed by atoms with Gasteiger partial charge in [-0.15, -0.1) is 0 Å². The van der Waals surface area contributed by atoms with Crippen LogP contribution in [-0.2, 0) is 0 Å². The van der Waals surface area contributed by atoms with Crippen molar-refractivity contribution < 1.29 is 5.11 Å². The Morgan fingerprint density at radius 2 is 2.20 bits per heavy atom. The molecule has 1 aliphatic rings. The van der Waals surface area contributed by atoms with Crippen LogP contribution in [0.5, 0.6) is 0 Å². The van der Waals surface area contributed by atoms with E-state index in [0.717, 1.165) is 27.9 Å². The number of nitrogens with zero attached hydrogens (tertiary/aromatic N) is 5. The average molecular weight is 335 g/mol. The van der Waals surface area contributed by atoms with Gasteiger partial charge in [0.25, 0.3) is 0 Å². The van der Waals surface area contributed by atoms with Crippen LogP contribution in [0.25, 0.3) is 27.9 Å². The van der Waals surface area contributed by atoms with Crippen LogP contribution in [0.4, 0.5) is 5.95 Å². The SMILES string of the molecule is C[C@]1(O)C[C@@H](Nc2ncc3c(-c4ccc5nccn5n4)c[nH]c3n2)C1. The van der Waals surface area contributed by atoms with Gasteiger partial charge in [-0.2, -0.15) is 10.1 Å². The monoisotopic (exact) mass is 335 g/mol. The summed E-state index contributed by atoms with van der Waals surface area (Å²) in [6.45, 7) is 1.84. The molecule has 1 fully saturated rings. The fourth-order valence-electron chi connectivity index (χ4n) is 3.43. The predicted molar refractivity (Wildman–Crippen MR) is 93.1 cm³/mol. The third-order valence-corrected chi connectivity index (χ3v) is 4.67. The van der Waals surface area contributed by atoms with Gasteiger partial charge in [0, 0.05) is 41.8 Å². The second-order valence-electron chi connectivity index (χ2n) is 6.85. The van der Waals surface area contributed by atoms with Crippen molar-refractivity contribution in [2.45, 2.75) is 31.4 Å². The molecule has 0 spiro atoms. The van der Waals surface area contributed by atoms with Gasteiger partial charge in [0.15, 0.2) is 5.65 Å². The van der Waals surface area contributed by atoms with Gasteiger partial charge in [0.2, 0.25) is 5.95 Å². The Morgan fingerprint density at radius 1 is 1.32 bits per heavy atom. The molecule has 126 valence electrons. The van der Waals surface area contributed by atoms with Crippen LogP contribution in [0.3, 0.4) is 0 Å². The molecule has 1 aliphatic carbocycles. The minimum atomic E-state index is -0.570. The standard InChI is InChI=1S/C17H17N7O/c1-17(25)6-10(7-17)21-16-20-9-12-11(8-19-15(12)22-16)13-2-3-14-18-4-5-24(14)23-13/h2-5,8-10,25H,6-7H2,1H3,(H2,19,20,21,22)/t10-,17+. The molecule has 5 rings (SSSR count). The number of nitrogens with one attached hydrogen (secondary N) is 2. The summed E-state index contributed by atoms with van der Waals surface area (Å²) in [7, 11) is 0. The summed E-state index contributed by atoms with van der Waals surface area (Å²) < 4.78 is 1.74. The van der Waals surface area contributed by atoms with Crippen molar-refractivity contribution in [1.29, 1.82) is 0 Å². The number of H-pyrrole nitrogens is 1. The highest BCUT2D eigenvalue weighted by Gasteiger charge is 2.38. The van der Waals surface area contributed by atoms with Crippen LogP contribution in [0.15, 0.2) is 36.9 Å². The maximum atomic E-state index is 9.82. The largest absolute Gasteiger partial charge is 0.390 e. The molecule has 3 N–H and O–H groups in total. The van der Waals surface area contributed by atoms with E-state index < -0.39 is 5.60 Å². The van der Waals surface area contributed by atoms with Crippen molar-refractivity contribution >= 4 is 22.6 Å². The minimum Gasteiger partial charge on any atom is -0.390 e. The van der Waals surface area contributed by atoms with Gasteiger partial charge in [-0.05, 0) is 31.9 Å². The maximum absolute atomic E-state index is 9.82. The Kier molecular flexibility index (Phi) is 2.87. The molecule has 4 heterocycles. The van der Waals surface area contributed by atoms with Gasteiger partial charge in [-0.1, -0.05) is 0 Å². The summed E-state index contributed by atoms with van der Waals surface area (Å²) in [6.07, 6.45) is 8.65. The molecule has 25 heavy (non-hydrogen) atoms. The van der Waals surface area contributed by atoms with E-state index in [-0.39, 0.29) is 6.04 Å². The topological polar surface area (TPSA) is 104 Å². The molecule has 0 radical (unpaired) electrons. The number of hydrogen-bond donors (Lipinski definition) is 3. The van der Waals surface area contributed by atoms with Crippen molar-refractivity contribution in [1.82, 2.24) is 29.5 Å². The van der Waals surface area contributed by atoms with Gasteiger partial charge in [-0.3, -0.25) is 0 Å². The molecule has 8 heteroatoms. The van der Waals surface area contributed by atoms with Gasteiger partial charge >= 0.3 is 0 Å². The van der Waals surface area contributed by atoms with E-state index in [1.807, 2.05) is 31.5 Å². The van der Waals surface area contributed by atoms with Crippen molar-refractivity contribution in [3.05, 3.63) is 36.9 Å². The molecule has 0 aromatic carbocycles. The number of anilines is 1. The number of rotatable bonds is 3. The second-order valence-corrected chi connectivity index (χ2v) is 6.85. The Morgan fingerprint density at radius 3 is 3.04 bits per heavy atom. The number of hydrogen-bond acceptors (Lipinski definition) is 6. The molecule has 4 aromatic heterocycles. The number of aromatic nitrogens is 6. The fourth-order valence-corrected chi connectivity index (χ4v) is 3.43. The number of imidazole rings is 1. The zero-order valence-electron chi connectivity index (χ0n) is 13.6. The average Bonchev–Trinajstić information content (AvgIpc) is 3.18. The first-order chi connectivity index (χ1) is 12.1. The fraction of sp³-hybridized carbons (Fsp3) is 0.294. The molecule has 0 atom stereocenters. The van der Waals surface area contributed by atoms with Gasteiger partial charge < -0.3 is 15.4 Å². The lowest BCUT2D eigenvalue weighted by Gasteiger charge is -2.41. The molecule has 0 unspecified atom stereocenters. The van der Waals surface area contributed by atoms with E-state index in [2.05, 4.69) is 30.4 Å². The molecular weight excluding hydrogens is 318 g/mol. The summed E-state index contributed by atoms with van der Waals surface area (Å²) in [5, 5.41) is 18.6. The van der Waals surface area contributed by atoms with Crippen LogP contribution in [0.1, 0.15) is 19.8 Å². The zero-order chi connectivity index (χ0) is 17.0. The summed E-state index contributed by atoms with van der Waals surface area (Å²) in [5.41, 5.74) is 2.77. The van der Waals surface area contributed by atoms with E-state index in [4.69, 9.17) is 0 Å². The molecule has 0 bridgehead atoms. The number of aromatic amines is 1. The summed E-state index contributed by atoms with van der Waals surface area (Å²) in [6, 6.07) is 4.08. The Bertz CT molecular complexity index is 1070. The quantitative estimate of drug-likeness (QED) is 0.529. The molecule has 1 saturated carbocycles. The highest BCUT2D eigenvalue weighted by atomic mass is 16.3. The first-order valence-corrected chi connectivity index (χ1v) is 8.21. The lowest BCUT2D eigenvalue weighted by molar-refractivity contribution is -0.0235. The van der Waals surface area contributed by atoms with E-state index >= 15 is 0 Å². The third-order valence-electron chi connectivity index (χ3n) is 4.67. The first kappa shape index (κ1) is 14.4. The number of fused-ring (bicyclic) bond motifs is 2. The van der Waals surface area contributed by atoms with Crippen LogP contribution in [0.2, 0.25) is 0 Å². The van der Waals surface area contributed by atoms with Crippen LogP contribution >= 0.6 is 0 Å². The van der Waals surface area contributed by atoms with E-state index in [1.54, 1.807) is 16.9 Å². The molecule has 4 aromatic rings. The van der Waals surface area contributed by atoms with Crippen molar-refractivity contribution in [3.63, 3.8) is 0 Å². The lowest BCUT2D eigenvalue weighted by atomic mass is 9.77. The van der Waals surface area contributed by atoms with Gasteiger partial charge in [0.05, 0.1) is 11.3 Å². The predicted octanol–water partition coefficient (Wildman–Crippen LogP) is 1.99. The van der Waals surface area contributed by atoms with Crippen molar-refractivity contribution in [3.8, 4) is 11.3 Å². The van der Waals surface area contributed by atoms with Crippen molar-refractivity contribution in [2.24, 2.45) is 0 Å². The van der Waals surface area contributed by atoms with E-state index in [1.165, 1.54) is 0 Å². The first-order valence-electron chi connectivity index (χ1n) is 8.21. The van der Waals surface area contributed by atoms with Crippen LogP contribution in [-0.4, -0.2) is 46.3 Å². The van der Waals surface area contributed by atoms with E-state index in [9.17, 15) is 5.11 Å². The summed E-state index contributed by atoms with van der Waals surface area (Å²) in [4.78, 5) is 16.4. The molecule has 0 saturated heterocycles. The van der Waals surface area contributed by atoms with Gasteiger partial charge in [0.1, 0.15) is 5.65 Å². The lowest BCUT2D eigenvalue weighted by Crippen LogP contribution is -2.48. The third kappa shape index (κ3) is 2.42. The smallest absolute Gasteiger partial charge is 0.224 e. The summed E-state index contributed by atoms with van der Waals surface area (Å²) in [5.74, 6) is 0.569. The molecular formula is C17H17N7O. The maximum Gasteiger partial charge on any atom is 0.224 e. The normalized spacial score (nSPS) is 23.0. The molecule has 8 nitrogen and oxygen atoms in total. The highest BCUT2D eigenvalue weighted by molar-refractivity contribution is 5.92. The van der Waals surface area contributed by atoms with E-state index in [0.29, 0.717) is 18.8 Å². The van der Waals surface area contributed by atoms with Gasteiger partial charge in [-0.25, -0.2) is 14.5 Å². The Balaban J connectivity index is 1.46.